The lowest BCUT2D eigenvalue weighted by atomic mass is 9.57. The molecule has 1 saturated carbocycles. The summed E-state index contributed by atoms with van der Waals surface area (Å²) in [4.78, 5) is 13.8. The maximum Gasteiger partial charge on any atom is 0.410 e. The third kappa shape index (κ3) is 3.62. The summed E-state index contributed by atoms with van der Waals surface area (Å²) in [5, 5.41) is 8.94. The normalized spacial score (nSPS) is 23.3. The van der Waals surface area contributed by atoms with Crippen LogP contribution in [0.5, 0.6) is 0 Å². The first-order chi connectivity index (χ1) is 8.84. The van der Waals surface area contributed by atoms with E-state index in [2.05, 4.69) is 0 Å². The predicted octanol–water partition coefficient (Wildman–Crippen LogP) is 2.80. The number of carbonyl (C=O) groups excluding carboxylic acids is 1. The number of amides is 1. The molecule has 110 valence electrons. The molecule has 0 radical (unpaired) electrons. The molecule has 0 atom stereocenters. The molecule has 0 aromatic carbocycles. The van der Waals surface area contributed by atoms with E-state index in [9.17, 15) is 4.79 Å². The Morgan fingerprint density at radius 1 is 1.32 bits per heavy atom. The molecule has 1 heterocycles. The van der Waals surface area contributed by atoms with Crippen LogP contribution in [-0.4, -0.2) is 41.4 Å². The number of hydrogen-bond acceptors (Lipinski definition) is 3. The third-order valence-electron chi connectivity index (χ3n) is 4.46. The number of rotatable bonds is 2. The Morgan fingerprint density at radius 3 is 2.37 bits per heavy atom. The van der Waals surface area contributed by atoms with Crippen LogP contribution in [-0.2, 0) is 4.74 Å². The van der Waals surface area contributed by atoms with Crippen molar-refractivity contribution in [3.8, 4) is 0 Å². The van der Waals surface area contributed by atoms with Crippen LogP contribution in [0.4, 0.5) is 4.79 Å². The summed E-state index contributed by atoms with van der Waals surface area (Å²) in [6, 6.07) is 0. The monoisotopic (exact) mass is 269 g/mol. The second kappa shape index (κ2) is 5.31. The summed E-state index contributed by atoms with van der Waals surface area (Å²) in [7, 11) is 0. The lowest BCUT2D eigenvalue weighted by molar-refractivity contribution is -0.0321. The van der Waals surface area contributed by atoms with Crippen molar-refractivity contribution in [3.05, 3.63) is 0 Å². The Kier molecular flexibility index (Phi) is 4.09. The van der Waals surface area contributed by atoms with Crippen LogP contribution in [0.3, 0.4) is 0 Å². The molecule has 0 aromatic rings. The highest BCUT2D eigenvalue weighted by Crippen LogP contribution is 2.53. The highest BCUT2D eigenvalue weighted by Gasteiger charge is 2.46. The quantitative estimate of drug-likeness (QED) is 0.838. The number of ether oxygens (including phenoxy) is 1. The molecular formula is C15H27NO3. The maximum absolute atomic E-state index is 12.0. The summed E-state index contributed by atoms with van der Waals surface area (Å²) < 4.78 is 5.41. The largest absolute Gasteiger partial charge is 0.444 e. The molecule has 1 saturated heterocycles. The smallest absolute Gasteiger partial charge is 0.410 e. The molecule has 0 bridgehead atoms. The van der Waals surface area contributed by atoms with Crippen molar-refractivity contribution >= 4 is 6.09 Å². The second-order valence-electron chi connectivity index (χ2n) is 7.25. The predicted molar refractivity (Wildman–Crippen MR) is 73.9 cm³/mol. The van der Waals surface area contributed by atoms with E-state index >= 15 is 0 Å². The fourth-order valence-electron chi connectivity index (χ4n) is 3.45. The van der Waals surface area contributed by atoms with Gasteiger partial charge in [0.05, 0.1) is 0 Å². The van der Waals surface area contributed by atoms with Crippen molar-refractivity contribution in [2.75, 3.05) is 19.7 Å². The molecule has 19 heavy (non-hydrogen) atoms. The molecule has 2 aliphatic rings. The van der Waals surface area contributed by atoms with Gasteiger partial charge in [-0.25, -0.2) is 4.79 Å². The summed E-state index contributed by atoms with van der Waals surface area (Å²) in [5.41, 5.74) is 0.0489. The van der Waals surface area contributed by atoms with E-state index in [-0.39, 0.29) is 6.09 Å². The third-order valence-corrected chi connectivity index (χ3v) is 4.46. The highest BCUT2D eigenvalue weighted by atomic mass is 16.6. The molecule has 4 nitrogen and oxygen atoms in total. The van der Waals surface area contributed by atoms with Gasteiger partial charge in [-0.1, -0.05) is 0 Å². The Bertz CT molecular complexity index is 319. The van der Waals surface area contributed by atoms with Crippen molar-refractivity contribution in [1.29, 1.82) is 0 Å². The van der Waals surface area contributed by atoms with E-state index in [4.69, 9.17) is 9.84 Å². The van der Waals surface area contributed by atoms with E-state index in [0.29, 0.717) is 17.9 Å². The standard InChI is InChI=1S/C15H27NO3/c1-14(2,3)19-13(18)16-7-5-15(6-8-16)10-12(11-15)4-9-17/h12,17H,4-11H2,1-3H3. The number of aliphatic hydroxyl groups is 1. The molecule has 4 heteroatoms. The minimum atomic E-state index is -0.408. The minimum Gasteiger partial charge on any atom is -0.444 e. The van der Waals surface area contributed by atoms with Crippen LogP contribution in [0.1, 0.15) is 52.9 Å². The van der Waals surface area contributed by atoms with Crippen molar-refractivity contribution in [2.24, 2.45) is 11.3 Å². The van der Waals surface area contributed by atoms with Crippen molar-refractivity contribution in [2.45, 2.75) is 58.5 Å². The van der Waals surface area contributed by atoms with Crippen molar-refractivity contribution in [3.63, 3.8) is 0 Å². The fraction of sp³-hybridized carbons (Fsp3) is 0.933. The molecule has 1 amide bonds. The van der Waals surface area contributed by atoms with Gasteiger partial charge in [0.1, 0.15) is 5.60 Å². The van der Waals surface area contributed by atoms with Gasteiger partial charge in [0, 0.05) is 19.7 Å². The van der Waals surface area contributed by atoms with Crippen LogP contribution in [0.15, 0.2) is 0 Å². The zero-order valence-electron chi connectivity index (χ0n) is 12.4. The molecule has 1 aliphatic carbocycles. The zero-order chi connectivity index (χ0) is 14.1. The van der Waals surface area contributed by atoms with E-state index in [1.807, 2.05) is 25.7 Å². The van der Waals surface area contributed by atoms with Crippen molar-refractivity contribution in [1.82, 2.24) is 4.90 Å². The molecule has 2 fully saturated rings. The summed E-state index contributed by atoms with van der Waals surface area (Å²) in [6.07, 6.45) is 5.42. The van der Waals surface area contributed by atoms with Gasteiger partial charge in [0.2, 0.25) is 0 Å². The number of aliphatic hydroxyl groups excluding tert-OH is 1. The number of hydrogen-bond donors (Lipinski definition) is 1. The van der Waals surface area contributed by atoms with Gasteiger partial charge in [0.15, 0.2) is 0 Å². The lowest BCUT2D eigenvalue weighted by Gasteiger charge is -2.52. The molecule has 0 aromatic heterocycles. The highest BCUT2D eigenvalue weighted by molar-refractivity contribution is 5.68. The van der Waals surface area contributed by atoms with Gasteiger partial charge in [0.25, 0.3) is 0 Å². The van der Waals surface area contributed by atoms with Gasteiger partial charge >= 0.3 is 6.09 Å². The lowest BCUT2D eigenvalue weighted by Crippen LogP contribution is -2.49. The van der Waals surface area contributed by atoms with Gasteiger partial charge in [-0.2, -0.15) is 0 Å². The summed E-state index contributed by atoms with van der Waals surface area (Å²) in [6.45, 7) is 7.66. The minimum absolute atomic E-state index is 0.173. The Morgan fingerprint density at radius 2 is 1.89 bits per heavy atom. The number of nitrogens with zero attached hydrogens (tertiary/aromatic N) is 1. The van der Waals surface area contributed by atoms with Gasteiger partial charge in [-0.3, -0.25) is 0 Å². The molecule has 1 aliphatic heterocycles. The van der Waals surface area contributed by atoms with Gasteiger partial charge in [-0.05, 0) is 64.2 Å². The Balaban J connectivity index is 1.76. The topological polar surface area (TPSA) is 49.8 Å². The van der Waals surface area contributed by atoms with Crippen LogP contribution >= 0.6 is 0 Å². The van der Waals surface area contributed by atoms with Gasteiger partial charge in [-0.15, -0.1) is 0 Å². The maximum atomic E-state index is 12.0. The summed E-state index contributed by atoms with van der Waals surface area (Å²) >= 11 is 0. The Labute approximate surface area is 116 Å². The first-order valence-corrected chi connectivity index (χ1v) is 7.42. The van der Waals surface area contributed by atoms with E-state index in [0.717, 1.165) is 32.4 Å². The van der Waals surface area contributed by atoms with E-state index < -0.39 is 5.60 Å². The fourth-order valence-corrected chi connectivity index (χ4v) is 3.45. The van der Waals surface area contributed by atoms with Crippen LogP contribution < -0.4 is 0 Å². The molecule has 2 rings (SSSR count). The van der Waals surface area contributed by atoms with Crippen LogP contribution in [0.2, 0.25) is 0 Å². The second-order valence-corrected chi connectivity index (χ2v) is 7.25. The van der Waals surface area contributed by atoms with E-state index in [1.165, 1.54) is 12.8 Å². The summed E-state index contributed by atoms with van der Waals surface area (Å²) in [5.74, 6) is 0.707. The zero-order valence-corrected chi connectivity index (χ0v) is 12.4. The van der Waals surface area contributed by atoms with Gasteiger partial charge < -0.3 is 14.7 Å². The van der Waals surface area contributed by atoms with Crippen LogP contribution in [0.25, 0.3) is 0 Å². The average Bonchev–Trinajstić information content (AvgIpc) is 2.26. The number of piperidine rings is 1. The van der Waals surface area contributed by atoms with E-state index in [1.54, 1.807) is 0 Å². The number of likely N-dealkylation sites (tertiary alicyclic amines) is 1. The average molecular weight is 269 g/mol. The number of carbonyl (C=O) groups is 1. The Hall–Kier alpha value is -0.770. The van der Waals surface area contributed by atoms with Crippen molar-refractivity contribution < 1.29 is 14.6 Å². The first-order valence-electron chi connectivity index (χ1n) is 7.42. The molecule has 0 unspecified atom stereocenters. The first kappa shape index (κ1) is 14.6. The molecular weight excluding hydrogens is 242 g/mol. The molecule has 1 spiro atoms. The molecule has 1 N–H and O–H groups in total. The SMILES string of the molecule is CC(C)(C)OC(=O)N1CCC2(CC1)CC(CCO)C2. The van der Waals surface area contributed by atoms with Crippen LogP contribution in [0, 0.1) is 11.3 Å².